The topological polar surface area (TPSA) is 77.2 Å². The number of esters is 1. The molecule has 2 aromatic rings. The minimum Gasteiger partial charge on any atom is -0.459 e. The maximum Gasteiger partial charge on any atom is 0.396 e. The molecule has 0 bridgehead atoms. The molecule has 0 fully saturated rings. The van der Waals surface area contributed by atoms with E-state index in [1.807, 2.05) is 0 Å². The number of hydrogen-bond acceptors (Lipinski definition) is 6. The number of aryl methyl sites for hydroxylation is 2. The van der Waals surface area contributed by atoms with Crippen LogP contribution in [-0.4, -0.2) is 22.8 Å². The molecule has 120 valence electrons. The van der Waals surface area contributed by atoms with Gasteiger partial charge in [-0.05, 0) is 67.7 Å². The lowest BCUT2D eigenvalue weighted by Gasteiger charge is -2.14. The first kappa shape index (κ1) is 14.2. The van der Waals surface area contributed by atoms with Crippen LogP contribution >= 0.6 is 0 Å². The molecule has 0 aliphatic heterocycles. The van der Waals surface area contributed by atoms with Gasteiger partial charge in [-0.1, -0.05) is 16.3 Å². The number of ether oxygens (including phenoxy) is 1. The Labute approximate surface area is 134 Å². The predicted molar refractivity (Wildman–Crippen MR) is 84.0 cm³/mol. The molecule has 0 atom stereocenters. The summed E-state index contributed by atoms with van der Waals surface area (Å²) in [7, 11) is 0. The van der Waals surface area contributed by atoms with Crippen molar-refractivity contribution in [2.24, 2.45) is 0 Å². The number of rotatable bonds is 4. The van der Waals surface area contributed by atoms with Crippen molar-refractivity contribution in [3.63, 3.8) is 0 Å². The quantitative estimate of drug-likeness (QED) is 0.874. The molecule has 1 aromatic carbocycles. The summed E-state index contributed by atoms with van der Waals surface area (Å²) in [5.41, 5.74) is 6.70. The van der Waals surface area contributed by atoms with Gasteiger partial charge in [0.1, 0.15) is 0 Å². The van der Waals surface area contributed by atoms with Crippen LogP contribution in [0.25, 0.3) is 0 Å². The Morgan fingerprint density at radius 1 is 1.17 bits per heavy atom. The van der Waals surface area contributed by atoms with Gasteiger partial charge in [-0.25, -0.2) is 4.79 Å². The van der Waals surface area contributed by atoms with Gasteiger partial charge in [-0.15, -0.1) is 0 Å². The summed E-state index contributed by atoms with van der Waals surface area (Å²) < 4.78 is 10.3. The first-order chi connectivity index (χ1) is 11.3. The maximum atomic E-state index is 11.6. The molecule has 4 rings (SSSR count). The van der Waals surface area contributed by atoms with Crippen LogP contribution in [0.2, 0.25) is 0 Å². The molecular formula is C17H19N3O3. The summed E-state index contributed by atoms with van der Waals surface area (Å²) in [6.07, 6.45) is 6.79. The average molecular weight is 313 g/mol. The first-order valence-electron chi connectivity index (χ1n) is 8.20. The molecule has 0 unspecified atom stereocenters. The van der Waals surface area contributed by atoms with Crippen molar-refractivity contribution in [1.29, 1.82) is 0 Å². The molecule has 1 aromatic heterocycles. The smallest absolute Gasteiger partial charge is 0.396 e. The molecule has 0 amide bonds. The zero-order valence-electron chi connectivity index (χ0n) is 13.1. The zero-order chi connectivity index (χ0) is 15.8. The molecule has 0 saturated heterocycles. The summed E-state index contributed by atoms with van der Waals surface area (Å²) in [5.74, 6) is -0.699. The fourth-order valence-corrected chi connectivity index (χ4v) is 3.62. The number of fused-ring (bicyclic) bond motifs is 2. The molecule has 0 saturated carbocycles. The highest BCUT2D eigenvalue weighted by Crippen LogP contribution is 2.39. The number of carbonyl (C=O) groups excluding carboxylic acids is 1. The number of anilines is 2. The van der Waals surface area contributed by atoms with E-state index in [0.717, 1.165) is 31.4 Å². The van der Waals surface area contributed by atoms with Crippen LogP contribution in [0, 0.1) is 0 Å². The lowest BCUT2D eigenvalue weighted by Crippen LogP contribution is -2.04. The molecule has 1 N–H and O–H groups in total. The van der Waals surface area contributed by atoms with Crippen LogP contribution in [0.5, 0.6) is 0 Å². The number of benzene rings is 1. The average Bonchev–Trinajstić information content (AvgIpc) is 3.26. The van der Waals surface area contributed by atoms with Crippen molar-refractivity contribution in [1.82, 2.24) is 10.2 Å². The normalized spacial score (nSPS) is 15.3. The van der Waals surface area contributed by atoms with E-state index < -0.39 is 5.97 Å². The monoisotopic (exact) mass is 313 g/mol. The fourth-order valence-electron chi connectivity index (χ4n) is 3.62. The molecule has 0 spiro atoms. The summed E-state index contributed by atoms with van der Waals surface area (Å²) in [6, 6.07) is 2.62. The molecule has 2 aliphatic carbocycles. The van der Waals surface area contributed by atoms with Gasteiger partial charge in [-0.2, -0.15) is 0 Å². The molecular weight excluding hydrogens is 294 g/mol. The van der Waals surface area contributed by atoms with Crippen LogP contribution in [0.1, 0.15) is 52.7 Å². The number of aromatic nitrogens is 2. The van der Waals surface area contributed by atoms with Gasteiger partial charge >= 0.3 is 17.9 Å². The number of hydrogen-bond donors (Lipinski definition) is 1. The second kappa shape index (κ2) is 5.68. The molecule has 0 radical (unpaired) electrons. The van der Waals surface area contributed by atoms with Gasteiger partial charge in [-0.3, -0.25) is 0 Å². The number of nitrogens with one attached hydrogen (secondary N) is 1. The Balaban J connectivity index is 1.66. The van der Waals surface area contributed by atoms with Crippen molar-refractivity contribution < 1.29 is 13.9 Å². The maximum absolute atomic E-state index is 11.6. The van der Waals surface area contributed by atoms with E-state index in [2.05, 4.69) is 21.6 Å². The van der Waals surface area contributed by atoms with E-state index in [0.29, 0.717) is 0 Å². The van der Waals surface area contributed by atoms with E-state index in [1.165, 1.54) is 35.1 Å². The largest absolute Gasteiger partial charge is 0.459 e. The van der Waals surface area contributed by atoms with Crippen LogP contribution < -0.4 is 5.32 Å². The third-order valence-corrected chi connectivity index (χ3v) is 4.58. The molecule has 2 aliphatic rings. The Kier molecular flexibility index (Phi) is 3.52. The van der Waals surface area contributed by atoms with Crippen LogP contribution in [0.3, 0.4) is 0 Å². The van der Waals surface area contributed by atoms with Crippen molar-refractivity contribution in [2.45, 2.75) is 45.4 Å². The third kappa shape index (κ3) is 2.48. The van der Waals surface area contributed by atoms with E-state index in [4.69, 9.17) is 9.15 Å². The third-order valence-electron chi connectivity index (χ3n) is 4.58. The van der Waals surface area contributed by atoms with E-state index >= 15 is 0 Å². The number of carbonyl (C=O) groups is 1. The van der Waals surface area contributed by atoms with Gasteiger partial charge < -0.3 is 14.5 Å². The first-order valence-corrected chi connectivity index (χ1v) is 8.20. The van der Waals surface area contributed by atoms with E-state index in [-0.39, 0.29) is 18.5 Å². The Morgan fingerprint density at radius 3 is 2.52 bits per heavy atom. The summed E-state index contributed by atoms with van der Waals surface area (Å²) in [6.45, 7) is 2.02. The Morgan fingerprint density at radius 2 is 1.87 bits per heavy atom. The Hall–Kier alpha value is -2.37. The van der Waals surface area contributed by atoms with Crippen molar-refractivity contribution in [3.8, 4) is 0 Å². The lowest BCUT2D eigenvalue weighted by molar-refractivity contribution is 0.0481. The fraction of sp³-hybridized carbons (Fsp3) is 0.471. The summed E-state index contributed by atoms with van der Waals surface area (Å²) in [4.78, 5) is 11.6. The summed E-state index contributed by atoms with van der Waals surface area (Å²) >= 11 is 0. The standard InChI is InChI=1S/C17H19N3O3/c1-2-22-16(21)15-19-20-17(23-15)18-14-12-7-3-5-10(12)9-11-6-4-8-13(11)14/h9H,2-8H2,1H3,(H,18,20). The molecule has 23 heavy (non-hydrogen) atoms. The Bertz CT molecular complexity index is 734. The van der Waals surface area contributed by atoms with Crippen LogP contribution in [0.15, 0.2) is 10.5 Å². The van der Waals surface area contributed by atoms with Crippen molar-refractivity contribution >= 4 is 17.7 Å². The SMILES string of the molecule is CCOC(=O)c1nnc(Nc2c3c(cc4c2CCC4)CCC3)o1. The number of nitrogens with zero attached hydrogens (tertiary/aromatic N) is 2. The highest BCUT2D eigenvalue weighted by atomic mass is 16.5. The van der Waals surface area contributed by atoms with E-state index in [9.17, 15) is 4.79 Å². The lowest BCUT2D eigenvalue weighted by atomic mass is 9.99. The van der Waals surface area contributed by atoms with Gasteiger partial charge in [0, 0.05) is 5.69 Å². The zero-order valence-corrected chi connectivity index (χ0v) is 13.1. The van der Waals surface area contributed by atoms with Gasteiger partial charge in [0.15, 0.2) is 0 Å². The summed E-state index contributed by atoms with van der Waals surface area (Å²) in [5, 5.41) is 11.0. The highest BCUT2D eigenvalue weighted by Gasteiger charge is 2.25. The second-order valence-electron chi connectivity index (χ2n) is 5.99. The van der Waals surface area contributed by atoms with Gasteiger partial charge in [0.25, 0.3) is 0 Å². The second-order valence-corrected chi connectivity index (χ2v) is 5.99. The highest BCUT2D eigenvalue weighted by molar-refractivity contribution is 5.84. The molecule has 1 heterocycles. The minimum atomic E-state index is -0.587. The predicted octanol–water partition coefficient (Wildman–Crippen LogP) is 2.97. The van der Waals surface area contributed by atoms with Gasteiger partial charge in [0.05, 0.1) is 6.61 Å². The van der Waals surface area contributed by atoms with E-state index in [1.54, 1.807) is 6.92 Å². The van der Waals surface area contributed by atoms with Crippen molar-refractivity contribution in [3.05, 3.63) is 34.2 Å². The van der Waals surface area contributed by atoms with Gasteiger partial charge in [0.2, 0.25) is 0 Å². The minimum absolute atomic E-state index is 0.112. The van der Waals surface area contributed by atoms with Crippen molar-refractivity contribution in [2.75, 3.05) is 11.9 Å². The molecule has 6 nitrogen and oxygen atoms in total. The van der Waals surface area contributed by atoms with Crippen LogP contribution in [-0.2, 0) is 30.4 Å². The molecule has 6 heteroatoms. The van der Waals surface area contributed by atoms with Crippen LogP contribution in [0.4, 0.5) is 11.7 Å².